The fourth-order valence-electron chi connectivity index (χ4n) is 3.11. The summed E-state index contributed by atoms with van der Waals surface area (Å²) in [6.45, 7) is 1.79. The highest BCUT2D eigenvalue weighted by atomic mass is 35.5. The molecular formula is C25H20ClFN2O2. The predicted molar refractivity (Wildman–Crippen MR) is 121 cm³/mol. The summed E-state index contributed by atoms with van der Waals surface area (Å²) in [6, 6.07) is 18.7. The zero-order valence-electron chi connectivity index (χ0n) is 17.1. The van der Waals surface area contributed by atoms with Crippen molar-refractivity contribution >= 4 is 29.3 Å². The van der Waals surface area contributed by atoms with Crippen LogP contribution in [0.25, 0.3) is 6.08 Å². The van der Waals surface area contributed by atoms with Gasteiger partial charge in [0.1, 0.15) is 23.2 Å². The van der Waals surface area contributed by atoms with E-state index in [0.29, 0.717) is 34.0 Å². The van der Waals surface area contributed by atoms with Crippen molar-refractivity contribution < 1.29 is 13.9 Å². The highest BCUT2D eigenvalue weighted by Gasteiger charge is 2.14. The van der Waals surface area contributed by atoms with Gasteiger partial charge in [-0.15, -0.1) is 0 Å². The Kier molecular flexibility index (Phi) is 7.07. The van der Waals surface area contributed by atoms with Crippen LogP contribution in [0.3, 0.4) is 0 Å². The SMILES string of the molecule is COc1ccc(/C=C(\C#N)C(=O)Nc2cccc(Cl)c2C)c(Cc2cccc(F)c2)c1. The van der Waals surface area contributed by atoms with Crippen molar-refractivity contribution in [1.82, 2.24) is 0 Å². The molecule has 0 spiro atoms. The number of benzene rings is 3. The molecule has 0 unspecified atom stereocenters. The molecule has 0 aromatic heterocycles. The van der Waals surface area contributed by atoms with Gasteiger partial charge in [-0.25, -0.2) is 4.39 Å². The Morgan fingerprint density at radius 3 is 2.68 bits per heavy atom. The zero-order chi connectivity index (χ0) is 22.4. The van der Waals surface area contributed by atoms with E-state index in [0.717, 1.165) is 11.1 Å². The molecule has 0 radical (unpaired) electrons. The lowest BCUT2D eigenvalue weighted by Crippen LogP contribution is -2.14. The second-order valence-corrected chi connectivity index (χ2v) is 7.31. The van der Waals surface area contributed by atoms with Crippen LogP contribution in [0.15, 0.2) is 66.2 Å². The molecule has 1 N–H and O–H groups in total. The van der Waals surface area contributed by atoms with Crippen LogP contribution in [0.5, 0.6) is 5.75 Å². The van der Waals surface area contributed by atoms with E-state index in [4.69, 9.17) is 16.3 Å². The number of hydrogen-bond donors (Lipinski definition) is 1. The zero-order valence-corrected chi connectivity index (χ0v) is 17.8. The van der Waals surface area contributed by atoms with Crippen molar-refractivity contribution in [1.29, 1.82) is 5.26 Å². The van der Waals surface area contributed by atoms with E-state index < -0.39 is 5.91 Å². The highest BCUT2D eigenvalue weighted by Crippen LogP contribution is 2.25. The van der Waals surface area contributed by atoms with Crippen LogP contribution >= 0.6 is 11.6 Å². The molecule has 0 bridgehead atoms. The van der Waals surface area contributed by atoms with Gasteiger partial charge in [0.25, 0.3) is 5.91 Å². The number of halogens is 2. The quantitative estimate of drug-likeness (QED) is 0.386. The predicted octanol–water partition coefficient (Wildman–Crippen LogP) is 5.93. The molecular weight excluding hydrogens is 415 g/mol. The molecule has 6 heteroatoms. The minimum absolute atomic E-state index is 0.0648. The number of amides is 1. The summed E-state index contributed by atoms with van der Waals surface area (Å²) in [6.07, 6.45) is 1.93. The molecule has 1 amide bonds. The first-order chi connectivity index (χ1) is 14.9. The molecule has 0 heterocycles. The second-order valence-electron chi connectivity index (χ2n) is 6.91. The third-order valence-electron chi connectivity index (χ3n) is 4.81. The lowest BCUT2D eigenvalue weighted by atomic mass is 9.97. The Labute approximate surface area is 185 Å². The number of nitrogens with one attached hydrogen (secondary N) is 1. The summed E-state index contributed by atoms with van der Waals surface area (Å²) in [5, 5.41) is 12.9. The summed E-state index contributed by atoms with van der Waals surface area (Å²) in [7, 11) is 1.55. The third kappa shape index (κ3) is 5.50. The highest BCUT2D eigenvalue weighted by molar-refractivity contribution is 6.31. The molecule has 156 valence electrons. The average molecular weight is 435 g/mol. The van der Waals surface area contributed by atoms with E-state index in [-0.39, 0.29) is 11.4 Å². The first-order valence-corrected chi connectivity index (χ1v) is 9.88. The van der Waals surface area contributed by atoms with Crippen LogP contribution in [0.2, 0.25) is 5.02 Å². The normalized spacial score (nSPS) is 11.0. The fourth-order valence-corrected chi connectivity index (χ4v) is 3.28. The Morgan fingerprint density at radius 2 is 1.97 bits per heavy atom. The Balaban J connectivity index is 1.95. The summed E-state index contributed by atoms with van der Waals surface area (Å²) in [5.41, 5.74) is 3.41. The minimum Gasteiger partial charge on any atom is -0.497 e. The molecule has 31 heavy (non-hydrogen) atoms. The van der Waals surface area contributed by atoms with Crippen molar-refractivity contribution in [3.05, 3.63) is 99.3 Å². The van der Waals surface area contributed by atoms with Gasteiger partial charge in [-0.1, -0.05) is 35.9 Å². The molecule has 3 aromatic rings. The fraction of sp³-hybridized carbons (Fsp3) is 0.120. The first-order valence-electron chi connectivity index (χ1n) is 9.51. The van der Waals surface area contributed by atoms with Crippen LogP contribution < -0.4 is 10.1 Å². The number of carbonyl (C=O) groups excluding carboxylic acids is 1. The number of anilines is 1. The second kappa shape index (κ2) is 9.92. The van der Waals surface area contributed by atoms with Gasteiger partial charge in [0.05, 0.1) is 7.11 Å². The maximum absolute atomic E-state index is 13.6. The molecule has 0 saturated heterocycles. The van der Waals surface area contributed by atoms with Crippen molar-refractivity contribution in [3.8, 4) is 11.8 Å². The van der Waals surface area contributed by atoms with E-state index >= 15 is 0 Å². The van der Waals surface area contributed by atoms with Crippen LogP contribution in [-0.2, 0) is 11.2 Å². The van der Waals surface area contributed by atoms with Gasteiger partial charge < -0.3 is 10.1 Å². The van der Waals surface area contributed by atoms with Gasteiger partial charge in [-0.2, -0.15) is 5.26 Å². The molecule has 3 aromatic carbocycles. The number of nitrogens with zero attached hydrogens (tertiary/aromatic N) is 1. The minimum atomic E-state index is -0.541. The number of hydrogen-bond acceptors (Lipinski definition) is 3. The molecule has 4 nitrogen and oxygen atoms in total. The standard InChI is InChI=1S/C25H20ClFN2O2/c1-16-23(26)7-4-8-24(16)29-25(30)20(15-28)13-18-9-10-22(31-2)14-19(18)11-17-5-3-6-21(27)12-17/h3-10,12-14H,11H2,1-2H3,(H,29,30)/b20-13+. The summed E-state index contributed by atoms with van der Waals surface area (Å²) in [5.74, 6) is -0.243. The van der Waals surface area contributed by atoms with Crippen molar-refractivity contribution in [3.63, 3.8) is 0 Å². The van der Waals surface area contributed by atoms with Gasteiger partial charge in [0.15, 0.2) is 0 Å². The van der Waals surface area contributed by atoms with Gasteiger partial charge in [-0.05, 0) is 78.1 Å². The van der Waals surface area contributed by atoms with Crippen LogP contribution in [0.1, 0.15) is 22.3 Å². The lowest BCUT2D eigenvalue weighted by molar-refractivity contribution is -0.112. The smallest absolute Gasteiger partial charge is 0.266 e. The molecule has 0 aliphatic rings. The molecule has 0 fully saturated rings. The molecule has 0 atom stereocenters. The third-order valence-corrected chi connectivity index (χ3v) is 5.22. The van der Waals surface area contributed by atoms with E-state index in [9.17, 15) is 14.4 Å². The molecule has 3 rings (SSSR count). The van der Waals surface area contributed by atoms with Crippen LogP contribution in [0.4, 0.5) is 10.1 Å². The van der Waals surface area contributed by atoms with Crippen molar-refractivity contribution in [2.45, 2.75) is 13.3 Å². The van der Waals surface area contributed by atoms with E-state index in [1.807, 2.05) is 18.2 Å². The van der Waals surface area contributed by atoms with Crippen LogP contribution in [-0.4, -0.2) is 13.0 Å². The summed E-state index contributed by atoms with van der Waals surface area (Å²) >= 11 is 6.11. The summed E-state index contributed by atoms with van der Waals surface area (Å²) in [4.78, 5) is 12.7. The largest absolute Gasteiger partial charge is 0.497 e. The molecule has 0 aliphatic carbocycles. The Hall–Kier alpha value is -3.62. The average Bonchev–Trinajstić information content (AvgIpc) is 2.76. The molecule has 0 saturated carbocycles. The van der Waals surface area contributed by atoms with Gasteiger partial charge in [-0.3, -0.25) is 4.79 Å². The summed E-state index contributed by atoms with van der Waals surface area (Å²) < 4.78 is 18.9. The van der Waals surface area contributed by atoms with Gasteiger partial charge in [0, 0.05) is 10.7 Å². The number of carbonyl (C=O) groups is 1. The van der Waals surface area contributed by atoms with Gasteiger partial charge >= 0.3 is 0 Å². The van der Waals surface area contributed by atoms with E-state index in [2.05, 4.69) is 5.32 Å². The number of methoxy groups -OCH3 is 1. The van der Waals surface area contributed by atoms with Gasteiger partial charge in [0.2, 0.25) is 0 Å². The number of ether oxygens (including phenoxy) is 1. The molecule has 0 aliphatic heterocycles. The number of rotatable bonds is 6. The van der Waals surface area contributed by atoms with E-state index in [1.54, 1.807) is 50.4 Å². The first kappa shape index (κ1) is 22.1. The van der Waals surface area contributed by atoms with Crippen LogP contribution in [0, 0.1) is 24.1 Å². The Morgan fingerprint density at radius 1 is 1.19 bits per heavy atom. The number of nitriles is 1. The topological polar surface area (TPSA) is 62.1 Å². The maximum atomic E-state index is 13.6. The van der Waals surface area contributed by atoms with Crippen molar-refractivity contribution in [2.75, 3.05) is 12.4 Å². The maximum Gasteiger partial charge on any atom is 0.266 e. The lowest BCUT2D eigenvalue weighted by Gasteiger charge is -2.11. The Bertz CT molecular complexity index is 1200. The van der Waals surface area contributed by atoms with E-state index in [1.165, 1.54) is 18.2 Å². The monoisotopic (exact) mass is 434 g/mol. The van der Waals surface area contributed by atoms with Crippen molar-refractivity contribution in [2.24, 2.45) is 0 Å².